The molecule has 0 bridgehead atoms. The fourth-order valence-corrected chi connectivity index (χ4v) is 3.80. The van der Waals surface area contributed by atoms with Gasteiger partial charge in [0.25, 0.3) is 0 Å². The molecule has 0 saturated heterocycles. The highest BCUT2D eigenvalue weighted by Gasteiger charge is 2.29. The van der Waals surface area contributed by atoms with Gasteiger partial charge in [0.05, 0.1) is 51.3 Å². The molecule has 1 aliphatic rings. The maximum atomic E-state index is 12.3. The van der Waals surface area contributed by atoms with Crippen molar-refractivity contribution in [2.24, 2.45) is 0 Å². The molecular formula is C26H35NO6. The van der Waals surface area contributed by atoms with Crippen molar-refractivity contribution in [1.29, 1.82) is 0 Å². The number of carbonyl (C=O) groups excluding carboxylic acids is 1. The van der Waals surface area contributed by atoms with Crippen molar-refractivity contribution in [1.82, 2.24) is 5.32 Å². The molecule has 1 aliphatic carbocycles. The van der Waals surface area contributed by atoms with Crippen LogP contribution in [-0.4, -0.2) is 69.1 Å². The van der Waals surface area contributed by atoms with Crippen molar-refractivity contribution >= 4 is 6.09 Å². The summed E-state index contributed by atoms with van der Waals surface area (Å²) < 4.78 is 22.1. The van der Waals surface area contributed by atoms with E-state index in [0.717, 1.165) is 11.1 Å². The minimum absolute atomic E-state index is 0.00797. The van der Waals surface area contributed by atoms with Gasteiger partial charge in [0, 0.05) is 5.92 Å². The first kappa shape index (κ1) is 25.2. The van der Waals surface area contributed by atoms with E-state index in [-0.39, 0.29) is 31.3 Å². The lowest BCUT2D eigenvalue weighted by Crippen LogP contribution is -2.41. The largest absolute Gasteiger partial charge is 0.449 e. The summed E-state index contributed by atoms with van der Waals surface area (Å²) in [5.74, 6) is -0.00797. The summed E-state index contributed by atoms with van der Waals surface area (Å²) in [6.45, 7) is 7.91. The number of ether oxygens (including phenoxy) is 4. The smallest absolute Gasteiger partial charge is 0.407 e. The van der Waals surface area contributed by atoms with Crippen molar-refractivity contribution < 1.29 is 28.8 Å². The predicted octanol–water partition coefficient (Wildman–Crippen LogP) is 3.73. The molecule has 3 rings (SSSR count). The Morgan fingerprint density at radius 2 is 1.52 bits per heavy atom. The van der Waals surface area contributed by atoms with E-state index >= 15 is 0 Å². The number of fused-ring (bicyclic) bond motifs is 3. The topological polar surface area (TPSA) is 86.3 Å². The van der Waals surface area contributed by atoms with E-state index < -0.39 is 12.1 Å². The van der Waals surface area contributed by atoms with Crippen LogP contribution in [0.2, 0.25) is 0 Å². The number of carbonyl (C=O) groups is 1. The van der Waals surface area contributed by atoms with Crippen molar-refractivity contribution in [2.75, 3.05) is 46.2 Å². The van der Waals surface area contributed by atoms with Gasteiger partial charge in [-0.15, -0.1) is 0 Å². The van der Waals surface area contributed by atoms with Crippen molar-refractivity contribution in [3.05, 3.63) is 59.7 Å². The summed E-state index contributed by atoms with van der Waals surface area (Å²) >= 11 is 0. The maximum absolute atomic E-state index is 12.3. The lowest BCUT2D eigenvalue weighted by atomic mass is 9.98. The highest BCUT2D eigenvalue weighted by Crippen LogP contribution is 2.44. The van der Waals surface area contributed by atoms with Gasteiger partial charge in [-0.25, -0.2) is 4.79 Å². The summed E-state index contributed by atoms with van der Waals surface area (Å²) in [6, 6.07) is 15.8. The first-order chi connectivity index (χ1) is 15.9. The molecule has 2 aromatic rings. The molecule has 180 valence electrons. The fraction of sp³-hybridized carbons (Fsp3) is 0.500. The highest BCUT2D eigenvalue weighted by molar-refractivity contribution is 5.79. The molecule has 7 heteroatoms. The normalized spacial score (nSPS) is 13.9. The van der Waals surface area contributed by atoms with Crippen molar-refractivity contribution in [3.8, 4) is 11.1 Å². The average Bonchev–Trinajstić information content (AvgIpc) is 3.11. The van der Waals surface area contributed by atoms with Crippen molar-refractivity contribution in [3.63, 3.8) is 0 Å². The Hall–Kier alpha value is -2.45. The minimum Gasteiger partial charge on any atom is -0.449 e. The Labute approximate surface area is 196 Å². The van der Waals surface area contributed by atoms with Gasteiger partial charge in [0.1, 0.15) is 6.61 Å². The van der Waals surface area contributed by atoms with Crippen LogP contribution in [0.25, 0.3) is 11.1 Å². The number of benzene rings is 2. The van der Waals surface area contributed by atoms with Crippen LogP contribution in [0, 0.1) is 0 Å². The summed E-state index contributed by atoms with van der Waals surface area (Å²) in [7, 11) is 0. The third-order valence-corrected chi connectivity index (χ3v) is 5.34. The third-order valence-electron chi connectivity index (χ3n) is 5.34. The third kappa shape index (κ3) is 7.54. The van der Waals surface area contributed by atoms with Gasteiger partial charge in [0.2, 0.25) is 0 Å². The van der Waals surface area contributed by atoms with E-state index in [9.17, 15) is 9.90 Å². The van der Waals surface area contributed by atoms with Gasteiger partial charge >= 0.3 is 6.09 Å². The Balaban J connectivity index is 1.37. The van der Waals surface area contributed by atoms with Crippen LogP contribution < -0.4 is 5.32 Å². The minimum atomic E-state index is -0.574. The molecular weight excluding hydrogens is 422 g/mol. The number of amides is 1. The first-order valence-electron chi connectivity index (χ1n) is 11.4. The molecule has 0 radical (unpaired) electrons. The molecule has 0 heterocycles. The summed E-state index contributed by atoms with van der Waals surface area (Å²) in [5, 5.41) is 12.2. The Kier molecular flexibility index (Phi) is 9.26. The number of aliphatic hydroxyl groups excluding tert-OH is 1. The molecule has 2 N–H and O–H groups in total. The molecule has 1 atom stereocenters. The van der Waals surface area contributed by atoms with E-state index in [2.05, 4.69) is 29.6 Å². The van der Waals surface area contributed by atoms with Crippen LogP contribution in [0.4, 0.5) is 4.79 Å². The first-order valence-corrected chi connectivity index (χ1v) is 11.4. The van der Waals surface area contributed by atoms with Crippen LogP contribution in [0.3, 0.4) is 0 Å². The number of alkyl carbamates (subject to hydrolysis) is 1. The Morgan fingerprint density at radius 1 is 0.939 bits per heavy atom. The van der Waals surface area contributed by atoms with E-state index in [1.54, 1.807) is 0 Å². The molecule has 0 saturated carbocycles. The van der Waals surface area contributed by atoms with Crippen LogP contribution in [0.15, 0.2) is 48.5 Å². The van der Waals surface area contributed by atoms with Crippen molar-refractivity contribution in [2.45, 2.75) is 38.3 Å². The predicted molar refractivity (Wildman–Crippen MR) is 126 cm³/mol. The second-order valence-corrected chi connectivity index (χ2v) is 9.00. The molecule has 0 unspecified atom stereocenters. The Morgan fingerprint density at radius 3 is 2.12 bits per heavy atom. The van der Waals surface area contributed by atoms with E-state index in [0.29, 0.717) is 26.4 Å². The lowest BCUT2D eigenvalue weighted by molar-refractivity contribution is -0.0437. The number of hydrogen-bond acceptors (Lipinski definition) is 6. The zero-order chi connectivity index (χ0) is 23.7. The zero-order valence-corrected chi connectivity index (χ0v) is 19.7. The van der Waals surface area contributed by atoms with Crippen LogP contribution >= 0.6 is 0 Å². The SMILES string of the molecule is CC(C)(C)OCCOCCOC[C@@H](CO)NC(=O)OCC1c2ccccc2-c2ccccc21. The fourth-order valence-electron chi connectivity index (χ4n) is 3.80. The number of hydrogen-bond donors (Lipinski definition) is 2. The monoisotopic (exact) mass is 457 g/mol. The van der Waals surface area contributed by atoms with Gasteiger partial charge in [-0.05, 0) is 43.0 Å². The van der Waals surface area contributed by atoms with Crippen LogP contribution in [0.5, 0.6) is 0 Å². The van der Waals surface area contributed by atoms with Gasteiger partial charge in [-0.3, -0.25) is 0 Å². The quantitative estimate of drug-likeness (QED) is 0.473. The molecule has 0 fully saturated rings. The maximum Gasteiger partial charge on any atom is 0.407 e. The van der Waals surface area contributed by atoms with Gasteiger partial charge in [-0.1, -0.05) is 48.5 Å². The molecule has 0 aromatic heterocycles. The van der Waals surface area contributed by atoms with Gasteiger partial charge < -0.3 is 29.4 Å². The van der Waals surface area contributed by atoms with Crippen LogP contribution in [0.1, 0.15) is 37.8 Å². The zero-order valence-electron chi connectivity index (χ0n) is 19.7. The highest BCUT2D eigenvalue weighted by atomic mass is 16.6. The summed E-state index contributed by atoms with van der Waals surface area (Å²) in [5.41, 5.74) is 4.48. The number of aliphatic hydroxyl groups is 1. The molecule has 2 aromatic carbocycles. The summed E-state index contributed by atoms with van der Waals surface area (Å²) in [6.07, 6.45) is -0.574. The number of nitrogens with one attached hydrogen (secondary N) is 1. The Bertz CT molecular complexity index is 849. The van der Waals surface area contributed by atoms with E-state index in [1.165, 1.54) is 11.1 Å². The standard InChI is InChI=1S/C26H35NO6/c1-26(2,3)33-15-14-30-12-13-31-17-19(16-28)27-25(29)32-18-24-22-10-6-4-8-20(22)21-9-5-7-11-23(21)24/h4-11,19,24,28H,12-18H2,1-3H3,(H,27,29)/t19-/m1/s1. The molecule has 0 spiro atoms. The van der Waals surface area contributed by atoms with Crippen LogP contribution in [-0.2, 0) is 18.9 Å². The summed E-state index contributed by atoms with van der Waals surface area (Å²) in [4.78, 5) is 12.3. The molecule has 7 nitrogen and oxygen atoms in total. The average molecular weight is 458 g/mol. The molecule has 0 aliphatic heterocycles. The molecule has 33 heavy (non-hydrogen) atoms. The molecule has 1 amide bonds. The number of rotatable bonds is 12. The van der Waals surface area contributed by atoms with Gasteiger partial charge in [-0.2, -0.15) is 0 Å². The van der Waals surface area contributed by atoms with Gasteiger partial charge in [0.15, 0.2) is 0 Å². The van der Waals surface area contributed by atoms with E-state index in [4.69, 9.17) is 18.9 Å². The second-order valence-electron chi connectivity index (χ2n) is 9.00. The van der Waals surface area contributed by atoms with E-state index in [1.807, 2.05) is 45.0 Å². The second kappa shape index (κ2) is 12.1. The lowest BCUT2D eigenvalue weighted by Gasteiger charge is -2.19.